The van der Waals surface area contributed by atoms with Crippen LogP contribution in [-0.4, -0.2) is 0 Å². The second kappa shape index (κ2) is 3.92. The molecular weight excluding hydrogens is 108 g/mol. The van der Waals surface area contributed by atoms with Gasteiger partial charge in [-0.25, -0.2) is 0 Å². The third kappa shape index (κ3) is 2.88. The Morgan fingerprint density at radius 1 is 1.22 bits per heavy atom. The molecule has 1 aliphatic carbocycles. The van der Waals surface area contributed by atoms with Crippen molar-refractivity contribution in [3.05, 3.63) is 6.42 Å². The van der Waals surface area contributed by atoms with Crippen molar-refractivity contribution in [2.24, 2.45) is 5.92 Å². The fourth-order valence-corrected chi connectivity index (χ4v) is 1.48. The van der Waals surface area contributed by atoms with E-state index in [1.54, 1.807) is 0 Å². The standard InChI is InChI=1S/C9H17/c1-9-7-5-3-2-4-6-8-9/h5,9H,2-4,6-8H2,1H3. The molecule has 0 saturated heterocycles. The van der Waals surface area contributed by atoms with Crippen LogP contribution in [-0.2, 0) is 0 Å². The summed E-state index contributed by atoms with van der Waals surface area (Å²) in [6, 6.07) is 0. The fourth-order valence-electron chi connectivity index (χ4n) is 1.48. The van der Waals surface area contributed by atoms with E-state index in [2.05, 4.69) is 13.3 Å². The molecule has 1 rings (SSSR count). The van der Waals surface area contributed by atoms with Crippen LogP contribution in [0.5, 0.6) is 0 Å². The van der Waals surface area contributed by atoms with Gasteiger partial charge in [-0.05, 0) is 18.8 Å². The Balaban J connectivity index is 2.12. The predicted molar refractivity (Wildman–Crippen MR) is 41.2 cm³/mol. The van der Waals surface area contributed by atoms with Crippen LogP contribution in [0.3, 0.4) is 0 Å². The highest BCUT2D eigenvalue weighted by atomic mass is 14.1. The van der Waals surface area contributed by atoms with E-state index in [-0.39, 0.29) is 0 Å². The Hall–Kier alpha value is 0. The first-order valence-electron chi connectivity index (χ1n) is 4.21. The van der Waals surface area contributed by atoms with Crippen molar-refractivity contribution in [1.82, 2.24) is 0 Å². The third-order valence-electron chi connectivity index (χ3n) is 2.17. The summed E-state index contributed by atoms with van der Waals surface area (Å²) >= 11 is 0. The average molecular weight is 125 g/mol. The Morgan fingerprint density at radius 3 is 3.00 bits per heavy atom. The predicted octanol–water partition coefficient (Wildman–Crippen LogP) is 3.18. The van der Waals surface area contributed by atoms with E-state index in [1.807, 2.05) is 0 Å². The number of hydrogen-bond acceptors (Lipinski definition) is 0. The van der Waals surface area contributed by atoms with Gasteiger partial charge in [0.15, 0.2) is 0 Å². The Labute approximate surface area is 58.7 Å². The van der Waals surface area contributed by atoms with Crippen molar-refractivity contribution in [1.29, 1.82) is 0 Å². The molecule has 0 nitrogen and oxygen atoms in total. The Kier molecular flexibility index (Phi) is 3.10. The minimum absolute atomic E-state index is 0.963. The molecule has 0 heteroatoms. The van der Waals surface area contributed by atoms with Crippen molar-refractivity contribution in [3.8, 4) is 0 Å². The zero-order valence-electron chi connectivity index (χ0n) is 6.40. The largest absolute Gasteiger partial charge is 0.0625 e. The molecule has 0 aromatic carbocycles. The molecule has 1 atom stereocenters. The maximum atomic E-state index is 2.46. The van der Waals surface area contributed by atoms with Crippen molar-refractivity contribution in [3.63, 3.8) is 0 Å². The third-order valence-corrected chi connectivity index (χ3v) is 2.17. The average Bonchev–Trinajstić information content (AvgIpc) is 1.79. The van der Waals surface area contributed by atoms with Crippen molar-refractivity contribution in [2.45, 2.75) is 45.4 Å². The summed E-state index contributed by atoms with van der Waals surface area (Å²) in [5.41, 5.74) is 0. The lowest BCUT2D eigenvalue weighted by Crippen LogP contribution is -1.98. The zero-order valence-corrected chi connectivity index (χ0v) is 6.40. The lowest BCUT2D eigenvalue weighted by Gasteiger charge is -2.13. The second-order valence-corrected chi connectivity index (χ2v) is 3.27. The molecule has 0 aromatic rings. The van der Waals surface area contributed by atoms with Crippen LogP contribution >= 0.6 is 0 Å². The molecule has 0 spiro atoms. The van der Waals surface area contributed by atoms with Gasteiger partial charge in [-0.2, -0.15) is 0 Å². The molecular formula is C9H17. The maximum Gasteiger partial charge on any atom is -0.0383 e. The molecule has 1 saturated carbocycles. The first kappa shape index (κ1) is 7.11. The van der Waals surface area contributed by atoms with Crippen molar-refractivity contribution in [2.75, 3.05) is 0 Å². The van der Waals surface area contributed by atoms with Gasteiger partial charge < -0.3 is 0 Å². The van der Waals surface area contributed by atoms with Crippen LogP contribution in [0.2, 0.25) is 0 Å². The highest BCUT2D eigenvalue weighted by Crippen LogP contribution is 2.20. The summed E-state index contributed by atoms with van der Waals surface area (Å²) in [5, 5.41) is 0. The number of hydrogen-bond donors (Lipinski definition) is 0. The molecule has 0 N–H and O–H groups in total. The highest BCUT2D eigenvalue weighted by Gasteiger charge is 2.04. The molecule has 0 amide bonds. The molecule has 0 aliphatic heterocycles. The van der Waals surface area contributed by atoms with Gasteiger partial charge in [-0.3, -0.25) is 0 Å². The van der Waals surface area contributed by atoms with Crippen LogP contribution in [0.25, 0.3) is 0 Å². The SMILES string of the molecule is CC1C[CH]CCCCC1. The van der Waals surface area contributed by atoms with Crippen LogP contribution < -0.4 is 0 Å². The summed E-state index contributed by atoms with van der Waals surface area (Å²) in [6.45, 7) is 2.36. The van der Waals surface area contributed by atoms with Crippen molar-refractivity contribution < 1.29 is 0 Å². The first-order valence-corrected chi connectivity index (χ1v) is 4.21. The zero-order chi connectivity index (χ0) is 6.53. The monoisotopic (exact) mass is 125 g/mol. The summed E-state index contributed by atoms with van der Waals surface area (Å²) in [6.07, 6.45) is 11.0. The van der Waals surface area contributed by atoms with Crippen LogP contribution in [0.15, 0.2) is 0 Å². The topological polar surface area (TPSA) is 0 Å². The second-order valence-electron chi connectivity index (χ2n) is 3.27. The quantitative estimate of drug-likeness (QED) is 0.466. The van der Waals surface area contributed by atoms with Gasteiger partial charge in [0.05, 0.1) is 0 Å². The normalized spacial score (nSPS) is 25.0. The maximum absolute atomic E-state index is 2.46. The van der Waals surface area contributed by atoms with Crippen molar-refractivity contribution >= 4 is 0 Å². The van der Waals surface area contributed by atoms with Gasteiger partial charge in [0.1, 0.15) is 0 Å². The number of rotatable bonds is 0. The van der Waals surface area contributed by atoms with Gasteiger partial charge in [0, 0.05) is 0 Å². The fraction of sp³-hybridized carbons (Fsp3) is 0.889. The smallest absolute Gasteiger partial charge is 0.0383 e. The minimum Gasteiger partial charge on any atom is -0.0625 e. The Morgan fingerprint density at radius 2 is 2.11 bits per heavy atom. The van der Waals surface area contributed by atoms with Crippen LogP contribution in [0.1, 0.15) is 45.4 Å². The summed E-state index contributed by atoms with van der Waals surface area (Å²) < 4.78 is 0. The van der Waals surface area contributed by atoms with Gasteiger partial charge in [-0.15, -0.1) is 0 Å². The van der Waals surface area contributed by atoms with E-state index >= 15 is 0 Å². The van der Waals surface area contributed by atoms with E-state index in [4.69, 9.17) is 0 Å². The van der Waals surface area contributed by atoms with Crippen LogP contribution in [0.4, 0.5) is 0 Å². The molecule has 0 bridgehead atoms. The molecule has 1 unspecified atom stereocenters. The van der Waals surface area contributed by atoms with E-state index in [1.165, 1.54) is 38.5 Å². The molecule has 53 valence electrons. The molecule has 9 heavy (non-hydrogen) atoms. The molecule has 1 aliphatic rings. The van der Waals surface area contributed by atoms with E-state index in [0.717, 1.165) is 5.92 Å². The Bertz CT molecular complexity index is 58.4. The first-order chi connectivity index (χ1) is 4.39. The van der Waals surface area contributed by atoms with E-state index < -0.39 is 0 Å². The summed E-state index contributed by atoms with van der Waals surface area (Å²) in [5.74, 6) is 0.963. The summed E-state index contributed by atoms with van der Waals surface area (Å²) in [7, 11) is 0. The van der Waals surface area contributed by atoms with Gasteiger partial charge in [-0.1, -0.05) is 39.0 Å². The lowest BCUT2D eigenvalue weighted by molar-refractivity contribution is 0.452. The van der Waals surface area contributed by atoms with Crippen LogP contribution in [0, 0.1) is 12.3 Å². The molecule has 1 fully saturated rings. The molecule has 1 radical (unpaired) electrons. The van der Waals surface area contributed by atoms with E-state index in [9.17, 15) is 0 Å². The van der Waals surface area contributed by atoms with E-state index in [0.29, 0.717) is 0 Å². The lowest BCUT2D eigenvalue weighted by atomic mass is 9.93. The van der Waals surface area contributed by atoms with Gasteiger partial charge in [0.2, 0.25) is 0 Å². The minimum atomic E-state index is 0.963. The van der Waals surface area contributed by atoms with Gasteiger partial charge in [0.25, 0.3) is 0 Å². The highest BCUT2D eigenvalue weighted by molar-refractivity contribution is 4.71. The summed E-state index contributed by atoms with van der Waals surface area (Å²) in [4.78, 5) is 0. The van der Waals surface area contributed by atoms with Gasteiger partial charge >= 0.3 is 0 Å². The molecule has 0 aromatic heterocycles. The molecule has 0 heterocycles.